The number of nitrogens with zero attached hydrogens (tertiary/aromatic N) is 5. The molecule has 0 saturated heterocycles. The van der Waals surface area contributed by atoms with Gasteiger partial charge in [-0.3, -0.25) is 0 Å². The van der Waals surface area contributed by atoms with Crippen molar-refractivity contribution in [1.29, 1.82) is 0 Å². The predicted molar refractivity (Wildman–Crippen MR) is 122 cm³/mol. The second-order valence-corrected chi connectivity index (χ2v) is 8.03. The minimum absolute atomic E-state index is 0.574. The summed E-state index contributed by atoms with van der Waals surface area (Å²) in [6.07, 6.45) is 9.03. The van der Waals surface area contributed by atoms with Crippen molar-refractivity contribution < 1.29 is 9.84 Å². The maximum atomic E-state index is 11.4. The van der Waals surface area contributed by atoms with Crippen LogP contribution in [0.15, 0.2) is 61.1 Å². The van der Waals surface area contributed by atoms with Gasteiger partial charge in [-0.1, -0.05) is 42.5 Å². The van der Waals surface area contributed by atoms with Crippen LogP contribution in [-0.2, 0) is 12.1 Å². The lowest BCUT2D eigenvalue weighted by Crippen LogP contribution is -2.35. The molecule has 0 aliphatic carbocycles. The Kier molecular flexibility index (Phi) is 5.11. The van der Waals surface area contributed by atoms with Gasteiger partial charge in [-0.2, -0.15) is 5.10 Å². The molecule has 1 aliphatic heterocycles. The van der Waals surface area contributed by atoms with Crippen LogP contribution < -0.4 is 4.74 Å². The quantitative estimate of drug-likeness (QED) is 0.521. The van der Waals surface area contributed by atoms with E-state index in [0.717, 1.165) is 41.2 Å². The molecule has 1 N–H and O–H groups in total. The van der Waals surface area contributed by atoms with E-state index in [1.165, 1.54) is 0 Å². The number of aryl methyl sites for hydroxylation is 2. The number of ether oxygens (including phenoxy) is 1. The maximum absolute atomic E-state index is 11.4. The highest BCUT2D eigenvalue weighted by Gasteiger charge is 2.39. The van der Waals surface area contributed by atoms with Crippen molar-refractivity contribution in [3.63, 3.8) is 0 Å². The van der Waals surface area contributed by atoms with Crippen LogP contribution in [0.1, 0.15) is 41.3 Å². The molecule has 0 unspecified atom stereocenters. The zero-order valence-electron chi connectivity index (χ0n) is 18.1. The largest absolute Gasteiger partial charge is 0.495 e. The number of hydrogen-bond acceptors (Lipinski definition) is 5. The Balaban J connectivity index is 1.44. The maximum Gasteiger partial charge on any atom is 0.174 e. The summed E-state index contributed by atoms with van der Waals surface area (Å²) in [7, 11) is 1.66. The number of rotatable bonds is 5. The Morgan fingerprint density at radius 3 is 2.72 bits per heavy atom. The fourth-order valence-corrected chi connectivity index (χ4v) is 4.21. The minimum Gasteiger partial charge on any atom is -0.495 e. The third kappa shape index (κ3) is 3.61. The number of hydrogen-bond donors (Lipinski definition) is 1. The van der Waals surface area contributed by atoms with E-state index < -0.39 is 5.60 Å². The molecule has 3 heterocycles. The van der Waals surface area contributed by atoms with Crippen molar-refractivity contribution in [3.05, 3.63) is 89.5 Å². The molecular formula is C25H25N5O2. The van der Waals surface area contributed by atoms with E-state index >= 15 is 0 Å². The molecule has 32 heavy (non-hydrogen) atoms. The van der Waals surface area contributed by atoms with Gasteiger partial charge in [-0.05, 0) is 49.1 Å². The lowest BCUT2D eigenvalue weighted by Gasteiger charge is -2.31. The lowest BCUT2D eigenvalue weighted by molar-refractivity contribution is 0.0395. The summed E-state index contributed by atoms with van der Waals surface area (Å²) in [4.78, 5) is 8.96. The molecule has 7 heteroatoms. The highest BCUT2D eigenvalue weighted by molar-refractivity contribution is 5.69. The second-order valence-electron chi connectivity index (χ2n) is 8.03. The Morgan fingerprint density at radius 1 is 1.12 bits per heavy atom. The summed E-state index contributed by atoms with van der Waals surface area (Å²) in [5, 5.41) is 16.0. The van der Waals surface area contributed by atoms with Crippen molar-refractivity contribution in [2.45, 2.75) is 31.9 Å². The predicted octanol–water partition coefficient (Wildman–Crippen LogP) is 3.98. The van der Waals surface area contributed by atoms with E-state index in [9.17, 15) is 5.11 Å². The van der Waals surface area contributed by atoms with Crippen LogP contribution in [0.3, 0.4) is 0 Å². The first kappa shape index (κ1) is 20.2. The molecular weight excluding hydrogens is 402 g/mol. The van der Waals surface area contributed by atoms with Crippen molar-refractivity contribution in [3.8, 4) is 11.4 Å². The average Bonchev–Trinajstić information content (AvgIpc) is 3.45. The number of aliphatic hydroxyl groups is 1. The van der Waals surface area contributed by atoms with Crippen LogP contribution >= 0.6 is 0 Å². The molecule has 0 spiro atoms. The van der Waals surface area contributed by atoms with Crippen LogP contribution in [0.4, 0.5) is 0 Å². The first-order valence-electron chi connectivity index (χ1n) is 10.7. The molecule has 0 amide bonds. The van der Waals surface area contributed by atoms with Crippen LogP contribution in [0.25, 0.3) is 17.8 Å². The van der Waals surface area contributed by atoms with Gasteiger partial charge in [0.25, 0.3) is 0 Å². The molecule has 162 valence electrons. The summed E-state index contributed by atoms with van der Waals surface area (Å²) in [6, 6.07) is 15.7. The van der Waals surface area contributed by atoms with Crippen LogP contribution in [-0.4, -0.2) is 36.5 Å². The fraction of sp³-hybridized carbons (Fsp3) is 0.240. The van der Waals surface area contributed by atoms with Gasteiger partial charge in [0.05, 0.1) is 24.8 Å². The number of imidazole rings is 1. The topological polar surface area (TPSA) is 78.0 Å². The highest BCUT2D eigenvalue weighted by Crippen LogP contribution is 2.36. The zero-order valence-corrected chi connectivity index (χ0v) is 18.1. The van der Waals surface area contributed by atoms with E-state index in [4.69, 9.17) is 4.74 Å². The van der Waals surface area contributed by atoms with E-state index in [1.807, 2.05) is 83.1 Å². The van der Waals surface area contributed by atoms with Gasteiger partial charge in [-0.15, -0.1) is 0 Å². The SMILES string of the molecule is COc1cc(C=Cc2nc3n(n2)CCC[C@]3(O)c2ccccc2)ccc1-n1cnc(C)c1. The van der Waals surface area contributed by atoms with Gasteiger partial charge < -0.3 is 14.4 Å². The number of methoxy groups -OCH3 is 1. The van der Waals surface area contributed by atoms with Crippen molar-refractivity contribution in [1.82, 2.24) is 24.3 Å². The summed E-state index contributed by atoms with van der Waals surface area (Å²) in [5.41, 5.74) is 2.56. The Morgan fingerprint density at radius 2 is 1.97 bits per heavy atom. The number of benzene rings is 2. The molecule has 0 radical (unpaired) electrons. The Hall–Kier alpha value is -3.71. The van der Waals surface area contributed by atoms with Gasteiger partial charge in [0.2, 0.25) is 0 Å². The Labute approximate surface area is 186 Å². The van der Waals surface area contributed by atoms with Crippen LogP contribution in [0.2, 0.25) is 0 Å². The Bertz CT molecular complexity index is 1270. The van der Waals surface area contributed by atoms with E-state index in [0.29, 0.717) is 18.1 Å². The summed E-state index contributed by atoms with van der Waals surface area (Å²) >= 11 is 0. The molecule has 5 rings (SSSR count). The summed E-state index contributed by atoms with van der Waals surface area (Å²) < 4.78 is 9.36. The van der Waals surface area contributed by atoms with Gasteiger partial charge >= 0.3 is 0 Å². The molecule has 2 aromatic heterocycles. The van der Waals surface area contributed by atoms with Crippen molar-refractivity contribution in [2.24, 2.45) is 0 Å². The van der Waals surface area contributed by atoms with Gasteiger partial charge in [-0.25, -0.2) is 14.6 Å². The third-order valence-electron chi connectivity index (χ3n) is 5.84. The molecule has 1 aliphatic rings. The molecule has 2 aromatic carbocycles. The van der Waals surface area contributed by atoms with Gasteiger partial charge in [0.15, 0.2) is 11.6 Å². The average molecular weight is 428 g/mol. The van der Waals surface area contributed by atoms with E-state index in [1.54, 1.807) is 13.4 Å². The second kappa shape index (κ2) is 8.09. The van der Waals surface area contributed by atoms with Crippen molar-refractivity contribution in [2.75, 3.05) is 7.11 Å². The highest BCUT2D eigenvalue weighted by atomic mass is 16.5. The fourth-order valence-electron chi connectivity index (χ4n) is 4.21. The summed E-state index contributed by atoms with van der Waals surface area (Å²) in [6.45, 7) is 2.70. The third-order valence-corrected chi connectivity index (χ3v) is 5.84. The zero-order chi connectivity index (χ0) is 22.1. The standard InChI is InChI=1S/C25H25N5O2/c1-18-16-29(17-26-18)21-11-9-19(15-22(21)32-2)10-12-23-27-24-25(31,13-6-14-30(24)28-23)20-7-4-3-5-8-20/h3-5,7-12,15-17,31H,6,13-14H2,1-2H3/t25-/m0/s1. The molecule has 1 atom stereocenters. The first-order valence-corrected chi connectivity index (χ1v) is 10.7. The molecule has 4 aromatic rings. The monoisotopic (exact) mass is 427 g/mol. The van der Waals surface area contributed by atoms with Crippen LogP contribution in [0, 0.1) is 6.92 Å². The first-order chi connectivity index (χ1) is 15.6. The molecule has 0 bridgehead atoms. The van der Waals surface area contributed by atoms with Gasteiger partial charge in [0.1, 0.15) is 11.4 Å². The summed E-state index contributed by atoms with van der Waals surface area (Å²) in [5.74, 6) is 1.92. The van der Waals surface area contributed by atoms with E-state index in [2.05, 4.69) is 15.1 Å². The lowest BCUT2D eigenvalue weighted by atomic mass is 9.86. The number of fused-ring (bicyclic) bond motifs is 1. The molecule has 0 fully saturated rings. The van der Waals surface area contributed by atoms with E-state index in [-0.39, 0.29) is 0 Å². The number of aromatic nitrogens is 5. The van der Waals surface area contributed by atoms with Crippen molar-refractivity contribution >= 4 is 12.2 Å². The minimum atomic E-state index is -1.12. The van der Waals surface area contributed by atoms with Crippen LogP contribution in [0.5, 0.6) is 5.75 Å². The smallest absolute Gasteiger partial charge is 0.174 e. The normalized spacial score (nSPS) is 18.1. The molecule has 7 nitrogen and oxygen atoms in total. The molecule has 0 saturated carbocycles. The van der Waals surface area contributed by atoms with Gasteiger partial charge in [0, 0.05) is 12.7 Å².